The summed E-state index contributed by atoms with van der Waals surface area (Å²) in [6.45, 7) is 3.33. The fraction of sp³-hybridized carbons (Fsp3) is 0.600. The highest BCUT2D eigenvalue weighted by Crippen LogP contribution is 2.40. The van der Waals surface area contributed by atoms with E-state index in [1.54, 1.807) is 0 Å². The average molecular weight is 357 g/mol. The van der Waals surface area contributed by atoms with Crippen molar-refractivity contribution in [2.75, 3.05) is 23.4 Å². The van der Waals surface area contributed by atoms with Crippen LogP contribution in [-0.4, -0.2) is 36.7 Å². The van der Waals surface area contributed by atoms with Crippen LogP contribution in [-0.2, 0) is 9.53 Å². The topological polar surface area (TPSA) is 70.7 Å². The molecule has 26 heavy (non-hydrogen) atoms. The first-order chi connectivity index (χ1) is 12.5. The summed E-state index contributed by atoms with van der Waals surface area (Å²) in [5, 5.41) is 5.95. The molecule has 1 atom stereocenters. The third-order valence-electron chi connectivity index (χ3n) is 5.89. The van der Waals surface area contributed by atoms with Gasteiger partial charge in [-0.15, -0.1) is 0 Å². The molecule has 6 nitrogen and oxygen atoms in total. The van der Waals surface area contributed by atoms with E-state index in [1.165, 1.54) is 12.8 Å². The van der Waals surface area contributed by atoms with Crippen LogP contribution in [0.15, 0.2) is 18.2 Å². The molecule has 1 spiro atoms. The lowest BCUT2D eigenvalue weighted by atomic mass is 9.96. The Bertz CT molecular complexity index is 712. The van der Waals surface area contributed by atoms with Crippen LogP contribution in [0.25, 0.3) is 0 Å². The molecule has 1 aromatic rings. The molecule has 1 aliphatic carbocycles. The molecule has 3 fully saturated rings. The summed E-state index contributed by atoms with van der Waals surface area (Å²) in [6.07, 6.45) is 7.05. The van der Waals surface area contributed by atoms with Crippen LogP contribution in [0.1, 0.15) is 50.5 Å². The highest BCUT2D eigenvalue weighted by Gasteiger charge is 2.42. The predicted octanol–water partition coefficient (Wildman–Crippen LogP) is 3.35. The number of hydrogen-bond donors (Lipinski definition) is 2. The Morgan fingerprint density at radius 1 is 1.27 bits per heavy atom. The normalized spacial score (nSPS) is 24.4. The van der Waals surface area contributed by atoms with Crippen molar-refractivity contribution in [2.24, 2.45) is 0 Å². The summed E-state index contributed by atoms with van der Waals surface area (Å²) >= 11 is 0. The lowest BCUT2D eigenvalue weighted by Crippen LogP contribution is -2.39. The number of benzene rings is 1. The average Bonchev–Trinajstić information content (AvgIpc) is 3.33. The number of carbonyl (C=O) groups is 2. The number of nitrogens with zero attached hydrogens (tertiary/aromatic N) is 1. The first-order valence-corrected chi connectivity index (χ1v) is 9.67. The highest BCUT2D eigenvalue weighted by molar-refractivity contribution is 5.97. The number of rotatable bonds is 3. The third-order valence-corrected chi connectivity index (χ3v) is 5.89. The number of hydrogen-bond acceptors (Lipinski definition) is 3. The number of carbonyl (C=O) groups excluding carboxylic acids is 2. The van der Waals surface area contributed by atoms with Crippen molar-refractivity contribution < 1.29 is 14.3 Å². The summed E-state index contributed by atoms with van der Waals surface area (Å²) in [5.41, 5.74) is 2.64. The zero-order valence-corrected chi connectivity index (χ0v) is 15.3. The van der Waals surface area contributed by atoms with Gasteiger partial charge in [-0.25, -0.2) is 4.79 Å². The molecule has 2 heterocycles. The van der Waals surface area contributed by atoms with E-state index in [-0.39, 0.29) is 23.6 Å². The lowest BCUT2D eigenvalue weighted by molar-refractivity contribution is -0.117. The fourth-order valence-corrected chi connectivity index (χ4v) is 4.54. The van der Waals surface area contributed by atoms with E-state index in [2.05, 4.69) is 10.6 Å². The van der Waals surface area contributed by atoms with Crippen LogP contribution in [0.5, 0.6) is 0 Å². The predicted molar refractivity (Wildman–Crippen MR) is 100 cm³/mol. The largest absolute Gasteiger partial charge is 0.373 e. The second kappa shape index (κ2) is 6.91. The molecule has 140 valence electrons. The van der Waals surface area contributed by atoms with E-state index >= 15 is 0 Å². The van der Waals surface area contributed by atoms with Gasteiger partial charge >= 0.3 is 6.03 Å². The Morgan fingerprint density at radius 3 is 2.81 bits per heavy atom. The van der Waals surface area contributed by atoms with Gasteiger partial charge in [0, 0.05) is 24.3 Å². The fourth-order valence-electron chi connectivity index (χ4n) is 4.54. The standard InChI is InChI=1S/C20H27N3O3/c1-14-6-7-15(11-17(14)23-10-4-5-18(23)24)21-19(25)22-16-12-20(26-13-16)8-2-3-9-20/h6-7,11,16H,2-5,8-10,12-13H2,1H3,(H2,21,22,25)/t16-/m1/s1. The Kier molecular flexibility index (Phi) is 4.61. The Morgan fingerprint density at radius 2 is 2.08 bits per heavy atom. The van der Waals surface area contributed by atoms with Gasteiger partial charge in [0.05, 0.1) is 18.2 Å². The summed E-state index contributed by atoms with van der Waals surface area (Å²) < 4.78 is 5.99. The van der Waals surface area contributed by atoms with E-state index in [1.807, 2.05) is 30.0 Å². The smallest absolute Gasteiger partial charge is 0.319 e. The molecule has 1 aromatic carbocycles. The van der Waals surface area contributed by atoms with E-state index in [4.69, 9.17) is 4.74 Å². The van der Waals surface area contributed by atoms with Gasteiger partial charge in [0.2, 0.25) is 5.91 Å². The molecule has 1 saturated carbocycles. The molecule has 0 aromatic heterocycles. The van der Waals surface area contributed by atoms with Crippen molar-refractivity contribution in [3.05, 3.63) is 23.8 Å². The number of urea groups is 1. The lowest BCUT2D eigenvalue weighted by Gasteiger charge is -2.21. The molecular weight excluding hydrogens is 330 g/mol. The minimum Gasteiger partial charge on any atom is -0.373 e. The Balaban J connectivity index is 1.38. The molecule has 0 bridgehead atoms. The van der Waals surface area contributed by atoms with Crippen molar-refractivity contribution in [2.45, 2.75) is 63.5 Å². The third kappa shape index (κ3) is 3.43. The van der Waals surface area contributed by atoms with Gasteiger partial charge in [-0.2, -0.15) is 0 Å². The van der Waals surface area contributed by atoms with Gasteiger partial charge in [0.25, 0.3) is 0 Å². The number of amides is 3. The summed E-state index contributed by atoms with van der Waals surface area (Å²) in [5.74, 6) is 0.152. The van der Waals surface area contributed by atoms with Crippen LogP contribution < -0.4 is 15.5 Å². The first kappa shape index (κ1) is 17.3. The molecule has 0 radical (unpaired) electrons. The molecule has 6 heteroatoms. The van der Waals surface area contributed by atoms with Gasteiger partial charge in [0.15, 0.2) is 0 Å². The van der Waals surface area contributed by atoms with E-state index < -0.39 is 0 Å². The number of ether oxygens (including phenoxy) is 1. The molecule has 3 aliphatic rings. The minimum atomic E-state index is -0.212. The minimum absolute atomic E-state index is 0.00505. The second-order valence-electron chi connectivity index (χ2n) is 7.85. The van der Waals surface area contributed by atoms with Crippen LogP contribution >= 0.6 is 0 Å². The van der Waals surface area contributed by atoms with E-state index in [0.717, 1.165) is 43.5 Å². The quantitative estimate of drug-likeness (QED) is 0.871. The maximum absolute atomic E-state index is 12.4. The van der Waals surface area contributed by atoms with Gasteiger partial charge in [-0.3, -0.25) is 4.79 Å². The summed E-state index contributed by atoms with van der Waals surface area (Å²) in [6, 6.07) is 5.57. The van der Waals surface area contributed by atoms with Gasteiger partial charge in [-0.1, -0.05) is 18.9 Å². The van der Waals surface area contributed by atoms with E-state index in [0.29, 0.717) is 18.7 Å². The van der Waals surface area contributed by atoms with E-state index in [9.17, 15) is 9.59 Å². The Hall–Kier alpha value is -2.08. The molecule has 4 rings (SSSR count). The molecule has 2 N–H and O–H groups in total. The second-order valence-corrected chi connectivity index (χ2v) is 7.85. The SMILES string of the molecule is Cc1ccc(NC(=O)N[C@H]2COC3(CCCC3)C2)cc1N1CCCC1=O. The van der Waals surface area contributed by atoms with Gasteiger partial charge in [-0.05, 0) is 50.3 Å². The molecule has 0 unspecified atom stereocenters. The number of anilines is 2. The number of aryl methyl sites for hydroxylation is 1. The summed E-state index contributed by atoms with van der Waals surface area (Å²) in [7, 11) is 0. The number of nitrogens with one attached hydrogen (secondary N) is 2. The van der Waals surface area contributed by atoms with Crippen molar-refractivity contribution in [3.63, 3.8) is 0 Å². The molecular formula is C20H27N3O3. The Labute approximate surface area is 154 Å². The van der Waals surface area contributed by atoms with Crippen LogP contribution in [0.4, 0.5) is 16.2 Å². The van der Waals surface area contributed by atoms with Gasteiger partial charge < -0.3 is 20.3 Å². The molecule has 2 aliphatic heterocycles. The highest BCUT2D eigenvalue weighted by atomic mass is 16.5. The van der Waals surface area contributed by atoms with Crippen LogP contribution in [0.2, 0.25) is 0 Å². The van der Waals surface area contributed by atoms with Crippen LogP contribution in [0.3, 0.4) is 0 Å². The zero-order chi connectivity index (χ0) is 18.1. The summed E-state index contributed by atoms with van der Waals surface area (Å²) in [4.78, 5) is 26.2. The van der Waals surface area contributed by atoms with Gasteiger partial charge in [0.1, 0.15) is 0 Å². The molecule has 3 amide bonds. The first-order valence-electron chi connectivity index (χ1n) is 9.67. The maximum Gasteiger partial charge on any atom is 0.319 e. The van der Waals surface area contributed by atoms with Crippen molar-refractivity contribution >= 4 is 23.3 Å². The molecule has 2 saturated heterocycles. The van der Waals surface area contributed by atoms with Crippen molar-refractivity contribution in [3.8, 4) is 0 Å². The van der Waals surface area contributed by atoms with Crippen molar-refractivity contribution in [1.29, 1.82) is 0 Å². The maximum atomic E-state index is 12.4. The van der Waals surface area contributed by atoms with Crippen LogP contribution in [0, 0.1) is 6.92 Å². The zero-order valence-electron chi connectivity index (χ0n) is 15.3. The van der Waals surface area contributed by atoms with Crippen molar-refractivity contribution in [1.82, 2.24) is 5.32 Å². The monoisotopic (exact) mass is 357 g/mol.